The van der Waals surface area contributed by atoms with Crippen molar-refractivity contribution < 1.29 is 0 Å². The van der Waals surface area contributed by atoms with Gasteiger partial charge in [0.15, 0.2) is 0 Å². The largest absolute Gasteiger partial charge is 0.356 e. The van der Waals surface area contributed by atoms with Crippen LogP contribution in [0.15, 0.2) is 303 Å². The lowest BCUT2D eigenvalue weighted by atomic mass is 10.1. The van der Waals surface area contributed by atoms with Crippen molar-refractivity contribution in [3.05, 3.63) is 303 Å². The van der Waals surface area contributed by atoms with Crippen molar-refractivity contribution >= 4 is 91.0 Å². The molecule has 0 amide bonds. The summed E-state index contributed by atoms with van der Waals surface area (Å²) in [5.41, 5.74) is 16.9. The Balaban J connectivity index is 0.868. The summed E-state index contributed by atoms with van der Waals surface area (Å²) in [7, 11) is 0. The Hall–Kier alpha value is -9.78. The molecule has 6 nitrogen and oxygen atoms in total. The monoisotopic (exact) mass is 928 g/mol. The van der Waals surface area contributed by atoms with Crippen LogP contribution in [0.4, 0.5) is 91.0 Å². The molecule has 11 aromatic rings. The molecule has 2 N–H and O–H groups in total. The van der Waals surface area contributed by atoms with E-state index in [0.29, 0.717) is 0 Å². The molecular weight excluding hydrogens is 877 g/mol. The predicted octanol–water partition coefficient (Wildman–Crippen LogP) is 19.1. The second kappa shape index (κ2) is 21.2. The quantitative estimate of drug-likeness (QED) is 0.101. The topological polar surface area (TPSA) is 37.0 Å². The number of nitrogens with zero attached hydrogens (tertiary/aromatic N) is 4. The Morgan fingerprint density at radius 2 is 0.264 bits per heavy atom. The minimum absolute atomic E-state index is 0.993. The standard InChI is InChI=1S/C66H52N6/c1-7-19-55(20-8-1)69(56-21-9-2-10-22-56)61-39-31-51(32-40-61)67-53-35-43-63(44-36-53)72(66-49-47-65(48-50-66)71(59-27-15-5-16-28-59)60-29-17-6-18-30-60)64-45-37-54(38-46-64)68-52-33-41-62(42-34-52)70(57-23-11-3-12-24-57)58-25-13-4-14-26-58/h1-50,67-68H. The lowest BCUT2D eigenvalue weighted by molar-refractivity contribution is 1.25. The molecule has 0 saturated heterocycles. The van der Waals surface area contributed by atoms with E-state index >= 15 is 0 Å². The molecule has 11 rings (SSSR count). The first kappa shape index (κ1) is 44.7. The van der Waals surface area contributed by atoms with Crippen molar-refractivity contribution in [2.45, 2.75) is 0 Å². The summed E-state index contributed by atoms with van der Waals surface area (Å²) in [6, 6.07) is 106. The van der Waals surface area contributed by atoms with Crippen LogP contribution in [0.5, 0.6) is 0 Å². The van der Waals surface area contributed by atoms with Crippen LogP contribution >= 0.6 is 0 Å². The zero-order valence-electron chi connectivity index (χ0n) is 39.7. The van der Waals surface area contributed by atoms with Gasteiger partial charge in [-0.1, -0.05) is 109 Å². The molecule has 0 fully saturated rings. The van der Waals surface area contributed by atoms with Gasteiger partial charge in [0.05, 0.1) is 0 Å². The van der Waals surface area contributed by atoms with Crippen molar-refractivity contribution in [2.75, 3.05) is 30.2 Å². The van der Waals surface area contributed by atoms with E-state index < -0.39 is 0 Å². The Kier molecular flexibility index (Phi) is 13.2. The van der Waals surface area contributed by atoms with E-state index in [1.54, 1.807) is 0 Å². The van der Waals surface area contributed by atoms with Crippen LogP contribution in [-0.4, -0.2) is 0 Å². The average molecular weight is 929 g/mol. The Labute approximate surface area is 422 Å². The lowest BCUT2D eigenvalue weighted by Gasteiger charge is -2.28. The van der Waals surface area contributed by atoms with Crippen molar-refractivity contribution in [1.29, 1.82) is 0 Å². The molecule has 72 heavy (non-hydrogen) atoms. The highest BCUT2D eigenvalue weighted by Gasteiger charge is 2.18. The number of anilines is 16. The van der Waals surface area contributed by atoms with E-state index in [-0.39, 0.29) is 0 Å². The normalized spacial score (nSPS) is 10.8. The van der Waals surface area contributed by atoms with Crippen LogP contribution in [0, 0.1) is 0 Å². The molecule has 0 unspecified atom stereocenters. The molecule has 0 aliphatic carbocycles. The first-order valence-corrected chi connectivity index (χ1v) is 24.3. The van der Waals surface area contributed by atoms with Crippen molar-refractivity contribution in [3.63, 3.8) is 0 Å². The summed E-state index contributed by atoms with van der Waals surface area (Å²) in [5.74, 6) is 0. The highest BCUT2D eigenvalue weighted by atomic mass is 15.2. The van der Waals surface area contributed by atoms with Gasteiger partial charge in [-0.15, -0.1) is 0 Å². The third kappa shape index (κ3) is 10.2. The minimum atomic E-state index is 0.993. The van der Waals surface area contributed by atoms with Crippen LogP contribution in [0.25, 0.3) is 0 Å². The summed E-state index contributed by atoms with van der Waals surface area (Å²) in [6.45, 7) is 0. The molecule has 11 aromatic carbocycles. The van der Waals surface area contributed by atoms with Crippen LogP contribution in [0.2, 0.25) is 0 Å². The summed E-state index contributed by atoms with van der Waals surface area (Å²) < 4.78 is 0. The number of hydrogen-bond acceptors (Lipinski definition) is 6. The van der Waals surface area contributed by atoms with E-state index in [1.165, 1.54) is 0 Å². The van der Waals surface area contributed by atoms with Gasteiger partial charge in [-0.05, 0) is 194 Å². The van der Waals surface area contributed by atoms with E-state index in [2.05, 4.69) is 309 Å². The SMILES string of the molecule is c1ccc(N(c2ccccc2)c2ccc(Nc3ccc(N(c4ccc(Nc5ccc(N(c6ccccc6)c6ccccc6)cc5)cc4)c4ccc(N(c5ccccc5)c5ccccc5)cc4)cc3)cc2)cc1. The van der Waals surface area contributed by atoms with Gasteiger partial charge in [0.25, 0.3) is 0 Å². The van der Waals surface area contributed by atoms with Gasteiger partial charge in [0.2, 0.25) is 0 Å². The summed E-state index contributed by atoms with van der Waals surface area (Å²) in [5, 5.41) is 7.30. The molecule has 0 radical (unpaired) electrons. The fourth-order valence-electron chi connectivity index (χ4n) is 9.11. The van der Waals surface area contributed by atoms with Crippen molar-refractivity contribution in [3.8, 4) is 0 Å². The summed E-state index contributed by atoms with van der Waals surface area (Å²) >= 11 is 0. The molecule has 0 saturated carbocycles. The Bertz CT molecular complexity index is 3110. The molecule has 0 aliphatic rings. The fourth-order valence-corrected chi connectivity index (χ4v) is 9.11. The zero-order valence-corrected chi connectivity index (χ0v) is 39.7. The van der Waals surface area contributed by atoms with E-state index in [1.807, 2.05) is 24.3 Å². The summed E-state index contributed by atoms with van der Waals surface area (Å²) in [4.78, 5) is 9.13. The Morgan fingerprint density at radius 1 is 0.139 bits per heavy atom. The van der Waals surface area contributed by atoms with Gasteiger partial charge in [-0.25, -0.2) is 0 Å². The van der Waals surface area contributed by atoms with Gasteiger partial charge in [0.1, 0.15) is 0 Å². The van der Waals surface area contributed by atoms with E-state index in [0.717, 1.165) is 91.0 Å². The maximum atomic E-state index is 3.65. The number of nitrogens with one attached hydrogen (secondary N) is 2. The maximum Gasteiger partial charge on any atom is 0.0463 e. The molecular formula is C66H52N6. The van der Waals surface area contributed by atoms with Crippen LogP contribution in [0.1, 0.15) is 0 Å². The van der Waals surface area contributed by atoms with Crippen LogP contribution in [-0.2, 0) is 0 Å². The minimum Gasteiger partial charge on any atom is -0.356 e. The number of rotatable bonds is 16. The molecule has 6 heteroatoms. The second-order valence-corrected chi connectivity index (χ2v) is 17.3. The Morgan fingerprint density at radius 3 is 0.417 bits per heavy atom. The van der Waals surface area contributed by atoms with Gasteiger partial charge in [0, 0.05) is 91.0 Å². The van der Waals surface area contributed by atoms with Gasteiger partial charge >= 0.3 is 0 Å². The van der Waals surface area contributed by atoms with Crippen LogP contribution < -0.4 is 30.2 Å². The number of para-hydroxylation sites is 6. The van der Waals surface area contributed by atoms with Gasteiger partial charge in [-0.2, -0.15) is 0 Å². The lowest BCUT2D eigenvalue weighted by Crippen LogP contribution is -2.12. The van der Waals surface area contributed by atoms with Gasteiger partial charge < -0.3 is 30.2 Å². The summed E-state index contributed by atoms with van der Waals surface area (Å²) in [6.07, 6.45) is 0. The average Bonchev–Trinajstić information content (AvgIpc) is 3.45. The molecule has 0 bridgehead atoms. The maximum absolute atomic E-state index is 3.65. The van der Waals surface area contributed by atoms with E-state index in [9.17, 15) is 0 Å². The number of hydrogen-bond donors (Lipinski definition) is 2. The zero-order chi connectivity index (χ0) is 48.3. The van der Waals surface area contributed by atoms with Gasteiger partial charge in [-0.3, -0.25) is 0 Å². The highest BCUT2D eigenvalue weighted by Crippen LogP contribution is 2.41. The molecule has 0 aliphatic heterocycles. The molecule has 346 valence electrons. The smallest absolute Gasteiger partial charge is 0.0463 e. The van der Waals surface area contributed by atoms with Crippen molar-refractivity contribution in [1.82, 2.24) is 0 Å². The predicted molar refractivity (Wildman–Crippen MR) is 305 cm³/mol. The highest BCUT2D eigenvalue weighted by molar-refractivity contribution is 5.84. The molecule has 0 spiro atoms. The van der Waals surface area contributed by atoms with Crippen LogP contribution in [0.3, 0.4) is 0 Å². The molecule has 0 atom stereocenters. The van der Waals surface area contributed by atoms with E-state index in [4.69, 9.17) is 0 Å². The molecule has 0 heterocycles. The first-order chi connectivity index (χ1) is 35.7. The molecule has 0 aromatic heterocycles. The fraction of sp³-hybridized carbons (Fsp3) is 0. The first-order valence-electron chi connectivity index (χ1n) is 24.3. The number of benzene rings is 11. The third-order valence-electron chi connectivity index (χ3n) is 12.5. The van der Waals surface area contributed by atoms with Crippen molar-refractivity contribution in [2.24, 2.45) is 0 Å². The second-order valence-electron chi connectivity index (χ2n) is 17.3. The third-order valence-corrected chi connectivity index (χ3v) is 12.5.